The van der Waals surface area contributed by atoms with Crippen LogP contribution in [0.3, 0.4) is 0 Å². The molecule has 69 heavy (non-hydrogen) atoms. The van der Waals surface area contributed by atoms with E-state index in [1.165, 1.54) is 13.8 Å². The summed E-state index contributed by atoms with van der Waals surface area (Å²) in [5.74, 6) is -4.09. The lowest BCUT2D eigenvalue weighted by Gasteiger charge is -2.72. The highest BCUT2D eigenvalue weighted by Crippen LogP contribution is 2.76. The van der Waals surface area contributed by atoms with Crippen LogP contribution < -0.4 is 0 Å². The second kappa shape index (κ2) is 19.1. The van der Waals surface area contributed by atoms with Gasteiger partial charge in [0.15, 0.2) is 24.8 Å². The van der Waals surface area contributed by atoms with Gasteiger partial charge in [-0.1, -0.05) is 59.3 Å². The van der Waals surface area contributed by atoms with Gasteiger partial charge in [0.2, 0.25) is 0 Å². The fraction of sp³-hybridized carbons (Fsp3) is 0.840. The summed E-state index contributed by atoms with van der Waals surface area (Å²) in [6.45, 7) is 17.1. The molecule has 8 N–H and O–H groups in total. The zero-order valence-corrected chi connectivity index (χ0v) is 41.5. The number of rotatable bonds is 11. The smallest absolute Gasteiger partial charge is 0.335 e. The quantitative estimate of drug-likeness (QED) is 0.0483. The van der Waals surface area contributed by atoms with E-state index in [4.69, 9.17) is 33.2 Å². The van der Waals surface area contributed by atoms with E-state index >= 15 is 0 Å². The van der Waals surface area contributed by atoms with Crippen molar-refractivity contribution in [2.24, 2.45) is 50.2 Å². The van der Waals surface area contributed by atoms with Crippen LogP contribution in [-0.2, 0) is 52.3 Å². The number of hydrogen-bond acceptors (Lipinski definition) is 18. The highest BCUT2D eigenvalue weighted by Gasteiger charge is 2.75. The van der Waals surface area contributed by atoms with Gasteiger partial charge in [-0.15, -0.1) is 0 Å². The largest absolute Gasteiger partial charge is 0.479 e. The van der Waals surface area contributed by atoms with E-state index in [0.717, 1.165) is 5.57 Å². The number of ether oxygens (including phenoxy) is 7. The highest BCUT2D eigenvalue weighted by molar-refractivity contribution is 5.88. The minimum Gasteiger partial charge on any atom is -0.479 e. The topological polar surface area (TPSA) is 295 Å². The molecule has 0 spiro atoms. The monoisotopic (exact) mass is 980 g/mol. The van der Waals surface area contributed by atoms with E-state index < -0.39 is 155 Å². The number of aliphatic carboxylic acids is 1. The molecular weight excluding hydrogens is 905 g/mol. The van der Waals surface area contributed by atoms with E-state index in [1.807, 2.05) is 20.8 Å². The van der Waals surface area contributed by atoms with Gasteiger partial charge in [-0.3, -0.25) is 9.59 Å². The third-order valence-corrected chi connectivity index (χ3v) is 18.8. The van der Waals surface area contributed by atoms with E-state index in [-0.39, 0.29) is 24.9 Å². The van der Waals surface area contributed by atoms with E-state index in [0.29, 0.717) is 44.1 Å². The van der Waals surface area contributed by atoms with Crippen LogP contribution in [0.25, 0.3) is 0 Å². The van der Waals surface area contributed by atoms with Crippen molar-refractivity contribution in [2.75, 3.05) is 19.8 Å². The Kier molecular flexibility index (Phi) is 14.8. The van der Waals surface area contributed by atoms with Gasteiger partial charge in [0, 0.05) is 30.3 Å². The maximum absolute atomic E-state index is 13.8. The first-order valence-corrected chi connectivity index (χ1v) is 24.4. The molecule has 19 nitrogen and oxygen atoms in total. The van der Waals surface area contributed by atoms with E-state index in [1.54, 1.807) is 19.9 Å². The van der Waals surface area contributed by atoms with Crippen LogP contribution in [0.4, 0.5) is 0 Å². The van der Waals surface area contributed by atoms with E-state index in [2.05, 4.69) is 26.8 Å². The van der Waals surface area contributed by atoms with Crippen LogP contribution in [0.1, 0.15) is 114 Å². The minimum atomic E-state index is -1.97. The molecule has 7 rings (SSSR count). The predicted molar refractivity (Wildman–Crippen MR) is 240 cm³/mol. The average molecular weight is 981 g/mol. The van der Waals surface area contributed by atoms with Crippen molar-refractivity contribution in [2.45, 2.75) is 194 Å². The molecule has 19 heteroatoms. The van der Waals surface area contributed by atoms with Crippen LogP contribution in [0.2, 0.25) is 0 Å². The normalized spacial score (nSPS) is 48.3. The number of allylic oxidation sites excluding steroid dienone is 3. The maximum Gasteiger partial charge on any atom is 0.335 e. The lowest BCUT2D eigenvalue weighted by molar-refractivity contribution is -0.358. The van der Waals surface area contributed by atoms with Gasteiger partial charge < -0.3 is 74.0 Å². The lowest BCUT2D eigenvalue weighted by Crippen LogP contribution is -2.73. The van der Waals surface area contributed by atoms with Gasteiger partial charge in [-0.2, -0.15) is 0 Å². The van der Waals surface area contributed by atoms with Crippen molar-refractivity contribution in [3.05, 3.63) is 23.3 Å². The summed E-state index contributed by atoms with van der Waals surface area (Å²) in [4.78, 5) is 52.2. The van der Waals surface area contributed by atoms with Crippen LogP contribution in [0.15, 0.2) is 23.3 Å². The zero-order chi connectivity index (χ0) is 51.1. The minimum absolute atomic E-state index is 0.0167. The van der Waals surface area contributed by atoms with Crippen LogP contribution in [-0.4, -0.2) is 164 Å². The Labute approximate surface area is 403 Å². The molecule has 390 valence electrons. The molecule has 0 aromatic heterocycles. The third-order valence-electron chi connectivity index (χ3n) is 18.8. The van der Waals surface area contributed by atoms with Gasteiger partial charge in [-0.05, 0) is 92.8 Å². The number of carbonyl (C=O) groups is 4. The van der Waals surface area contributed by atoms with Crippen LogP contribution in [0, 0.1) is 50.2 Å². The van der Waals surface area contributed by atoms with E-state index in [9.17, 15) is 60.0 Å². The molecule has 2 saturated heterocycles. The summed E-state index contributed by atoms with van der Waals surface area (Å²) in [5.41, 5.74) is -3.37. The summed E-state index contributed by atoms with van der Waals surface area (Å²) in [5, 5.41) is 86.9. The Bertz CT molecular complexity index is 2040. The lowest BCUT2D eigenvalue weighted by atomic mass is 9.33. The third kappa shape index (κ3) is 8.50. The summed E-state index contributed by atoms with van der Waals surface area (Å²) in [6, 6.07) is 0. The number of carboxylic acids is 1. The first-order valence-electron chi connectivity index (χ1n) is 24.4. The molecule has 4 unspecified atom stereocenters. The molecule has 0 aromatic rings. The Balaban J connectivity index is 1.23. The Morgan fingerprint density at radius 3 is 2.01 bits per heavy atom. The molecule has 6 fully saturated rings. The number of esters is 3. The van der Waals surface area contributed by atoms with Crippen molar-refractivity contribution in [1.82, 2.24) is 0 Å². The molecule has 0 bridgehead atoms. The maximum atomic E-state index is 13.8. The molecule has 2 aliphatic heterocycles. The molecule has 7 aliphatic rings. The molecule has 4 saturated carbocycles. The number of carboxylic acid groups (broad SMARTS) is 1. The van der Waals surface area contributed by atoms with Gasteiger partial charge in [0.25, 0.3) is 0 Å². The number of aliphatic hydroxyl groups excluding tert-OH is 7. The summed E-state index contributed by atoms with van der Waals surface area (Å²) < 4.78 is 42.1. The van der Waals surface area contributed by atoms with Gasteiger partial charge >= 0.3 is 23.9 Å². The fourth-order valence-electron chi connectivity index (χ4n) is 14.8. The van der Waals surface area contributed by atoms with Crippen molar-refractivity contribution in [1.29, 1.82) is 0 Å². The number of aliphatic hydroxyl groups is 7. The van der Waals surface area contributed by atoms with Crippen molar-refractivity contribution >= 4 is 23.9 Å². The van der Waals surface area contributed by atoms with Gasteiger partial charge in [0.05, 0.1) is 31.3 Å². The molecule has 0 radical (unpaired) electrons. The Morgan fingerprint density at radius 1 is 0.754 bits per heavy atom. The molecule has 0 amide bonds. The summed E-state index contributed by atoms with van der Waals surface area (Å²) in [6.07, 6.45) is -12.5. The van der Waals surface area contributed by atoms with Gasteiger partial charge in [0.1, 0.15) is 48.8 Å². The predicted octanol–water partition coefficient (Wildman–Crippen LogP) is 2.06. The molecule has 21 atom stereocenters. The van der Waals surface area contributed by atoms with Crippen molar-refractivity contribution in [3.63, 3.8) is 0 Å². The van der Waals surface area contributed by atoms with Crippen molar-refractivity contribution < 1.29 is 93.2 Å². The number of carbonyl (C=O) groups excluding carboxylic acids is 3. The summed E-state index contributed by atoms with van der Waals surface area (Å²) >= 11 is 0. The molecule has 2 heterocycles. The standard InChI is InChI=1S/C50H76O19/c1-11-23(2)42(62)69-40-39(65-25(4)54)45(5,6)18-27-26-12-13-30-46(7)16-15-31(66-44-36(59)37(35(58)38(68-44)41(60)61)67-43-34(57)33(56)28(55)20-63-43)47(8,21-51)29(46)14-17-48(30,9)49(26,10)19-32(64-24(3)53)50(27,40)22-52/h11-12,27-40,43-44,51-52,55-59H,13-22H2,1-10H3,(H,60,61)/b23-11+/t27?,28-,29?,30?,31?,32+,33-,34+,35-,36+,37-,38-,39-,40-,43-,44+,46-,47-,48+,49+,50-/m0/s1. The van der Waals surface area contributed by atoms with Crippen molar-refractivity contribution in [3.8, 4) is 0 Å². The van der Waals surface area contributed by atoms with Crippen LogP contribution >= 0.6 is 0 Å². The number of hydrogen-bond donors (Lipinski definition) is 8. The second-order valence-electron chi connectivity index (χ2n) is 22.9. The zero-order valence-electron chi connectivity index (χ0n) is 41.5. The van der Waals surface area contributed by atoms with Crippen LogP contribution in [0.5, 0.6) is 0 Å². The molecule has 0 aromatic carbocycles. The van der Waals surface area contributed by atoms with Gasteiger partial charge in [-0.25, -0.2) is 9.59 Å². The SMILES string of the molecule is C/C=C(\C)C(=O)O[C@H]1[C@H](OC(C)=O)C(C)(C)CC2C3=CCC4[C@@]5(C)CCC(O[C@@H]6O[C@H](C(=O)O)[C@@H](O)[C@H](O[C@@H]7OC[C@H](O)[C@H](O)[C@H]7O)[C@H]6O)[C@@](C)(CO)C5CC[C@@]4(C)[C@]3(C)C[C@@H](OC(C)=O)[C@]21CO. The second-order valence-corrected chi connectivity index (χ2v) is 22.9. The first-order chi connectivity index (χ1) is 32.1. The fourth-order valence-corrected chi connectivity index (χ4v) is 14.8. The Morgan fingerprint density at radius 2 is 1.42 bits per heavy atom. The number of fused-ring (bicyclic) bond motifs is 7. The first kappa shape index (κ1) is 53.7. The Hall–Kier alpha value is -3.08. The summed E-state index contributed by atoms with van der Waals surface area (Å²) in [7, 11) is 0. The molecule has 5 aliphatic carbocycles. The molecular formula is C50H76O19. The average Bonchev–Trinajstić information content (AvgIpc) is 3.27. The highest BCUT2D eigenvalue weighted by atomic mass is 16.7.